The van der Waals surface area contributed by atoms with Gasteiger partial charge in [-0.1, -0.05) is 35.3 Å². The molecule has 2 aromatic carbocycles. The number of nitrogens with zero attached hydrogens (tertiary/aromatic N) is 4. The number of nitrogens with one attached hydrogen (secondary N) is 1. The second kappa shape index (κ2) is 8.90. The first-order valence-corrected chi connectivity index (χ1v) is 11.6. The number of rotatable bonds is 4. The molecule has 0 atom stereocenters. The molecule has 2 fully saturated rings. The number of hydrogen-bond donors (Lipinski definition) is 1. The fourth-order valence-electron chi connectivity index (χ4n) is 4.48. The fourth-order valence-corrected chi connectivity index (χ4v) is 4.90. The molecular formula is C23H21Cl2N5O4. The van der Waals surface area contributed by atoms with Gasteiger partial charge in [0.15, 0.2) is 0 Å². The number of fused-ring (bicyclic) bond motifs is 1. The van der Waals surface area contributed by atoms with Crippen LogP contribution < -0.4 is 10.2 Å². The number of carbonyl (C=O) groups is 4. The van der Waals surface area contributed by atoms with Crippen molar-refractivity contribution in [2.75, 3.05) is 37.6 Å². The van der Waals surface area contributed by atoms with Gasteiger partial charge in [-0.15, -0.1) is 0 Å². The van der Waals surface area contributed by atoms with Crippen LogP contribution in [0.2, 0.25) is 10.0 Å². The Labute approximate surface area is 205 Å². The van der Waals surface area contributed by atoms with Crippen LogP contribution >= 0.6 is 23.2 Å². The Hall–Kier alpha value is -3.14. The van der Waals surface area contributed by atoms with Crippen molar-refractivity contribution in [1.82, 2.24) is 20.2 Å². The lowest BCUT2D eigenvalue weighted by molar-refractivity contribution is -0.122. The number of halogens is 2. The Morgan fingerprint density at radius 3 is 2.32 bits per heavy atom. The number of carbonyl (C=O) groups excluding carboxylic acids is 4. The number of hydrogen-bond acceptors (Lipinski definition) is 6. The van der Waals surface area contributed by atoms with Crippen LogP contribution in [0.15, 0.2) is 36.4 Å². The van der Waals surface area contributed by atoms with E-state index in [9.17, 15) is 19.2 Å². The van der Waals surface area contributed by atoms with Crippen molar-refractivity contribution in [2.45, 2.75) is 13.0 Å². The highest BCUT2D eigenvalue weighted by Crippen LogP contribution is 2.33. The first kappa shape index (κ1) is 22.6. The third-order valence-corrected chi connectivity index (χ3v) is 7.06. The highest BCUT2D eigenvalue weighted by atomic mass is 35.5. The molecule has 3 aliphatic heterocycles. The van der Waals surface area contributed by atoms with Crippen LogP contribution in [0.25, 0.3) is 0 Å². The Morgan fingerprint density at radius 2 is 1.59 bits per heavy atom. The number of anilines is 1. The summed E-state index contributed by atoms with van der Waals surface area (Å²) >= 11 is 12.5. The largest absolute Gasteiger partial charge is 0.368 e. The van der Waals surface area contributed by atoms with E-state index >= 15 is 0 Å². The standard InChI is InChI=1S/C23H21Cl2N5O4/c24-17-2-1-3-18(20(17)25)28-10-8-27(9-11-28)13-14-4-5-15-16(12-14)22(33)30(21(15)32)29-7-6-19(31)26-23(29)34/h1-5,12H,6-11,13H2,(H,26,31,34). The molecule has 0 saturated carbocycles. The number of imide groups is 2. The number of amides is 5. The minimum absolute atomic E-state index is 0.0239. The lowest BCUT2D eigenvalue weighted by atomic mass is 10.1. The average molecular weight is 502 g/mol. The molecule has 34 heavy (non-hydrogen) atoms. The maximum absolute atomic E-state index is 13.0. The zero-order valence-electron chi connectivity index (χ0n) is 18.1. The maximum atomic E-state index is 13.0. The lowest BCUT2D eigenvalue weighted by Gasteiger charge is -2.36. The van der Waals surface area contributed by atoms with E-state index in [0.717, 1.165) is 47.4 Å². The van der Waals surface area contributed by atoms with Gasteiger partial charge >= 0.3 is 6.03 Å². The first-order chi connectivity index (χ1) is 16.3. The highest BCUT2D eigenvalue weighted by molar-refractivity contribution is 6.43. The predicted molar refractivity (Wildman–Crippen MR) is 126 cm³/mol. The van der Waals surface area contributed by atoms with E-state index in [1.54, 1.807) is 18.2 Å². The van der Waals surface area contributed by atoms with Gasteiger partial charge in [0.05, 0.1) is 33.4 Å². The topological polar surface area (TPSA) is 93.3 Å². The molecule has 5 amide bonds. The molecule has 9 nitrogen and oxygen atoms in total. The molecule has 0 unspecified atom stereocenters. The molecule has 1 N–H and O–H groups in total. The van der Waals surface area contributed by atoms with E-state index in [0.29, 0.717) is 16.6 Å². The normalized spacial score (nSPS) is 19.1. The van der Waals surface area contributed by atoms with E-state index < -0.39 is 23.8 Å². The quantitative estimate of drug-likeness (QED) is 0.647. The molecular weight excluding hydrogens is 481 g/mol. The van der Waals surface area contributed by atoms with Gasteiger partial charge in [0.25, 0.3) is 11.8 Å². The average Bonchev–Trinajstić information content (AvgIpc) is 3.06. The third kappa shape index (κ3) is 4.00. The minimum atomic E-state index is -0.774. The van der Waals surface area contributed by atoms with Gasteiger partial charge in [0, 0.05) is 39.1 Å². The molecule has 3 heterocycles. The fraction of sp³-hybridized carbons (Fsp3) is 0.304. The van der Waals surface area contributed by atoms with Crippen molar-refractivity contribution < 1.29 is 19.2 Å². The summed E-state index contributed by atoms with van der Waals surface area (Å²) < 4.78 is 0. The van der Waals surface area contributed by atoms with Gasteiger partial charge < -0.3 is 4.90 Å². The predicted octanol–water partition coefficient (Wildman–Crippen LogP) is 2.77. The summed E-state index contributed by atoms with van der Waals surface area (Å²) in [5.74, 6) is -1.56. The van der Waals surface area contributed by atoms with Crippen molar-refractivity contribution in [1.29, 1.82) is 0 Å². The summed E-state index contributed by atoms with van der Waals surface area (Å²) in [5.41, 5.74) is 2.32. The summed E-state index contributed by atoms with van der Waals surface area (Å²) in [6.07, 6.45) is 0.0246. The SMILES string of the molecule is O=C1CCN(N2C(=O)c3ccc(CN4CCN(c5cccc(Cl)c5Cl)CC4)cc3C2=O)C(=O)N1. The molecule has 11 heteroatoms. The lowest BCUT2D eigenvalue weighted by Crippen LogP contribution is -2.58. The van der Waals surface area contributed by atoms with E-state index in [1.165, 1.54) is 0 Å². The minimum Gasteiger partial charge on any atom is -0.368 e. The molecule has 176 valence electrons. The summed E-state index contributed by atoms with van der Waals surface area (Å²) in [6, 6.07) is 9.99. The van der Waals surface area contributed by atoms with Crippen LogP contribution in [0.5, 0.6) is 0 Å². The molecule has 0 aromatic heterocycles. The summed E-state index contributed by atoms with van der Waals surface area (Å²) in [6.45, 7) is 3.73. The van der Waals surface area contributed by atoms with Crippen molar-refractivity contribution in [3.05, 3.63) is 63.1 Å². The first-order valence-electron chi connectivity index (χ1n) is 10.9. The smallest absolute Gasteiger partial charge is 0.343 e. The number of urea groups is 1. The second-order valence-electron chi connectivity index (χ2n) is 8.36. The number of piperazine rings is 1. The molecule has 2 aromatic rings. The highest BCUT2D eigenvalue weighted by Gasteiger charge is 2.43. The summed E-state index contributed by atoms with van der Waals surface area (Å²) in [4.78, 5) is 53.8. The number of benzene rings is 2. The van der Waals surface area contributed by atoms with Crippen molar-refractivity contribution >= 4 is 52.6 Å². The van der Waals surface area contributed by atoms with Gasteiger partial charge in [-0.2, -0.15) is 5.01 Å². The Morgan fingerprint density at radius 1 is 0.853 bits per heavy atom. The molecule has 2 saturated heterocycles. The Balaban J connectivity index is 1.26. The van der Waals surface area contributed by atoms with Gasteiger partial charge in [0.1, 0.15) is 0 Å². The van der Waals surface area contributed by atoms with Crippen LogP contribution in [0, 0.1) is 0 Å². The van der Waals surface area contributed by atoms with Crippen LogP contribution in [-0.2, 0) is 11.3 Å². The van der Waals surface area contributed by atoms with Crippen LogP contribution in [0.3, 0.4) is 0 Å². The molecule has 0 radical (unpaired) electrons. The van der Waals surface area contributed by atoms with Crippen molar-refractivity contribution in [2.24, 2.45) is 0 Å². The second-order valence-corrected chi connectivity index (χ2v) is 9.15. The van der Waals surface area contributed by atoms with Gasteiger partial charge in [-0.25, -0.2) is 9.80 Å². The van der Waals surface area contributed by atoms with Crippen LogP contribution in [0.4, 0.5) is 10.5 Å². The summed E-state index contributed by atoms with van der Waals surface area (Å²) in [7, 11) is 0. The van der Waals surface area contributed by atoms with Crippen molar-refractivity contribution in [3.63, 3.8) is 0 Å². The van der Waals surface area contributed by atoms with E-state index in [4.69, 9.17) is 23.2 Å². The Kier molecular flexibility index (Phi) is 5.93. The van der Waals surface area contributed by atoms with Crippen LogP contribution in [0.1, 0.15) is 32.7 Å². The molecule has 3 aliphatic rings. The number of hydrazine groups is 1. The van der Waals surface area contributed by atoms with E-state index in [1.807, 2.05) is 18.2 Å². The maximum Gasteiger partial charge on any atom is 0.343 e. The Bertz CT molecular complexity index is 1210. The van der Waals surface area contributed by atoms with Crippen LogP contribution in [-0.4, -0.2) is 71.4 Å². The molecule has 0 spiro atoms. The molecule has 0 bridgehead atoms. The molecule has 0 aliphatic carbocycles. The van der Waals surface area contributed by atoms with E-state index in [-0.39, 0.29) is 24.1 Å². The van der Waals surface area contributed by atoms with Gasteiger partial charge in [-0.05, 0) is 29.8 Å². The zero-order valence-corrected chi connectivity index (χ0v) is 19.6. The van der Waals surface area contributed by atoms with E-state index in [2.05, 4.69) is 15.1 Å². The van der Waals surface area contributed by atoms with Gasteiger partial charge in [0.2, 0.25) is 5.91 Å². The van der Waals surface area contributed by atoms with Crippen molar-refractivity contribution in [3.8, 4) is 0 Å². The van der Waals surface area contributed by atoms with Gasteiger partial charge in [-0.3, -0.25) is 24.6 Å². The molecule has 5 rings (SSSR count). The zero-order chi connectivity index (χ0) is 24.0. The summed E-state index contributed by atoms with van der Waals surface area (Å²) in [5, 5.41) is 5.03. The monoisotopic (exact) mass is 501 g/mol. The third-order valence-electron chi connectivity index (χ3n) is 6.25.